The molecule has 9 heteroatoms. The van der Waals surface area contributed by atoms with Gasteiger partial charge in [-0.15, -0.1) is 0 Å². The Morgan fingerprint density at radius 1 is 0.917 bits per heavy atom. The molecule has 0 radical (unpaired) electrons. The van der Waals surface area contributed by atoms with Gasteiger partial charge < -0.3 is 30.6 Å². The number of aliphatic carboxylic acids is 2. The van der Waals surface area contributed by atoms with Crippen molar-refractivity contribution in [3.05, 3.63) is 0 Å². The molecule has 2 rings (SSSR count). The standard InChI is InChI=1S/C6H14O3.2C4H6O2.CH2O2/c1-2-6(3-7,4-8)5-9;2*5-4(6)3-1-2-3;2-1-3/h7-9H,2-5H2,1H3;2*3H,1-2H2,(H,5,6);1H,(H,2,3). The van der Waals surface area contributed by atoms with Crippen LogP contribution in [0, 0.1) is 17.3 Å². The molecule has 0 aromatic carbocycles. The molecule has 2 aliphatic rings. The third-order valence-corrected chi connectivity index (χ3v) is 3.61. The van der Waals surface area contributed by atoms with E-state index in [-0.39, 0.29) is 38.1 Å². The Morgan fingerprint density at radius 3 is 1.17 bits per heavy atom. The number of carboxylic acids is 2. The van der Waals surface area contributed by atoms with E-state index >= 15 is 0 Å². The fourth-order valence-corrected chi connectivity index (χ4v) is 1.15. The smallest absolute Gasteiger partial charge is 0.306 e. The Bertz CT molecular complexity index is 318. The molecule has 142 valence electrons. The minimum Gasteiger partial charge on any atom is -0.483 e. The zero-order valence-electron chi connectivity index (χ0n) is 13.8. The topological polar surface area (TPSA) is 173 Å². The van der Waals surface area contributed by atoms with E-state index in [1.165, 1.54) is 0 Å². The zero-order chi connectivity index (χ0) is 19.2. The van der Waals surface area contributed by atoms with Crippen molar-refractivity contribution in [3.8, 4) is 0 Å². The predicted molar refractivity (Wildman–Crippen MR) is 83.4 cm³/mol. The summed E-state index contributed by atoms with van der Waals surface area (Å²) in [6.45, 7) is 1.10. The fourth-order valence-electron chi connectivity index (χ4n) is 1.15. The van der Waals surface area contributed by atoms with Gasteiger partial charge in [0.05, 0.1) is 31.7 Å². The number of rotatable bonds is 6. The van der Waals surface area contributed by atoms with Gasteiger partial charge in [-0.3, -0.25) is 14.4 Å². The van der Waals surface area contributed by atoms with Crippen molar-refractivity contribution in [1.29, 1.82) is 0 Å². The Morgan fingerprint density at radius 2 is 1.17 bits per heavy atom. The molecule has 0 amide bonds. The van der Waals surface area contributed by atoms with E-state index in [1.54, 1.807) is 0 Å². The third kappa shape index (κ3) is 12.8. The summed E-state index contributed by atoms with van der Waals surface area (Å²) in [5.41, 5.74) is -0.667. The third-order valence-electron chi connectivity index (χ3n) is 3.61. The summed E-state index contributed by atoms with van der Waals surface area (Å²) in [7, 11) is 0. The van der Waals surface area contributed by atoms with E-state index in [4.69, 9.17) is 35.4 Å². The first-order valence-corrected chi connectivity index (χ1v) is 7.63. The second kappa shape index (κ2) is 13.7. The summed E-state index contributed by atoms with van der Waals surface area (Å²) in [5.74, 6) is -1.22. The van der Waals surface area contributed by atoms with Gasteiger partial charge >= 0.3 is 11.9 Å². The van der Waals surface area contributed by atoms with Crippen LogP contribution in [0.15, 0.2) is 0 Å². The largest absolute Gasteiger partial charge is 0.483 e. The highest BCUT2D eigenvalue weighted by molar-refractivity contribution is 5.72. The summed E-state index contributed by atoms with van der Waals surface area (Å²) in [6, 6.07) is 0. The minimum absolute atomic E-state index is 0.0185. The average molecular weight is 352 g/mol. The highest BCUT2D eigenvalue weighted by Gasteiger charge is 2.29. The van der Waals surface area contributed by atoms with Gasteiger partial charge in [0.2, 0.25) is 0 Å². The minimum atomic E-state index is -0.667. The van der Waals surface area contributed by atoms with Crippen molar-refractivity contribution in [1.82, 2.24) is 0 Å². The summed E-state index contributed by atoms with van der Waals surface area (Å²) in [5, 5.41) is 49.0. The Kier molecular flexibility index (Phi) is 14.0. The van der Waals surface area contributed by atoms with Crippen molar-refractivity contribution in [2.75, 3.05) is 19.8 Å². The molecule has 0 aromatic heterocycles. The highest BCUT2D eigenvalue weighted by atomic mass is 16.4. The lowest BCUT2D eigenvalue weighted by Gasteiger charge is -2.24. The van der Waals surface area contributed by atoms with Crippen LogP contribution in [0.25, 0.3) is 0 Å². The van der Waals surface area contributed by atoms with Crippen LogP contribution in [0.1, 0.15) is 39.0 Å². The van der Waals surface area contributed by atoms with Crippen LogP contribution in [0.5, 0.6) is 0 Å². The van der Waals surface area contributed by atoms with Gasteiger partial charge in [-0.1, -0.05) is 6.92 Å². The molecule has 0 aliphatic heterocycles. The molecular formula is C15H28O9. The average Bonchev–Trinajstić information content (AvgIpc) is 3.45. The molecule has 0 bridgehead atoms. The van der Waals surface area contributed by atoms with Gasteiger partial charge in [0.1, 0.15) is 0 Å². The van der Waals surface area contributed by atoms with E-state index < -0.39 is 17.4 Å². The number of hydrogen-bond donors (Lipinski definition) is 6. The van der Waals surface area contributed by atoms with E-state index in [1.807, 2.05) is 6.92 Å². The van der Waals surface area contributed by atoms with Crippen LogP contribution in [-0.2, 0) is 14.4 Å². The van der Waals surface area contributed by atoms with Gasteiger partial charge in [-0.2, -0.15) is 0 Å². The Balaban J connectivity index is 0. The molecule has 2 fully saturated rings. The lowest BCUT2D eigenvalue weighted by atomic mass is 9.88. The summed E-state index contributed by atoms with van der Waals surface area (Å²) < 4.78 is 0. The number of aliphatic hydroxyl groups is 3. The van der Waals surface area contributed by atoms with Gasteiger partial charge in [0.25, 0.3) is 6.47 Å². The molecule has 0 spiro atoms. The molecule has 0 heterocycles. The van der Waals surface area contributed by atoms with Crippen LogP contribution in [0.4, 0.5) is 0 Å². The second-order valence-corrected chi connectivity index (χ2v) is 5.66. The maximum Gasteiger partial charge on any atom is 0.306 e. The van der Waals surface area contributed by atoms with Crippen molar-refractivity contribution in [2.24, 2.45) is 17.3 Å². The Hall–Kier alpha value is -1.71. The van der Waals surface area contributed by atoms with Crippen molar-refractivity contribution >= 4 is 18.4 Å². The molecule has 6 N–H and O–H groups in total. The van der Waals surface area contributed by atoms with Crippen LogP contribution in [-0.4, -0.2) is 68.9 Å². The van der Waals surface area contributed by atoms with Crippen molar-refractivity contribution < 1.29 is 45.0 Å². The molecule has 0 unspecified atom stereocenters. The predicted octanol–water partition coefficient (Wildman–Crippen LogP) is 0.0225. The summed E-state index contributed by atoms with van der Waals surface area (Å²) in [6.07, 6.45) is 4.19. The Labute approximate surface area is 140 Å². The highest BCUT2D eigenvalue weighted by Crippen LogP contribution is 2.28. The molecule has 0 aromatic rings. The zero-order valence-corrected chi connectivity index (χ0v) is 13.8. The van der Waals surface area contributed by atoms with E-state index in [0.717, 1.165) is 25.7 Å². The quantitative estimate of drug-likeness (QED) is 0.360. The SMILES string of the molecule is CCC(CO)(CO)CO.O=C(O)C1CC1.O=C(O)C1CC1.O=CO. The normalized spacial score (nSPS) is 15.3. The van der Waals surface area contributed by atoms with Crippen LogP contribution >= 0.6 is 0 Å². The molecule has 2 aliphatic carbocycles. The maximum atomic E-state index is 9.76. The van der Waals surface area contributed by atoms with Crippen molar-refractivity contribution in [2.45, 2.75) is 39.0 Å². The number of aliphatic hydroxyl groups excluding tert-OH is 3. The molecular weight excluding hydrogens is 324 g/mol. The first kappa shape index (κ1) is 24.5. The number of carboxylic acid groups (broad SMARTS) is 3. The first-order valence-electron chi connectivity index (χ1n) is 7.63. The summed E-state index contributed by atoms with van der Waals surface area (Å²) in [4.78, 5) is 27.9. The van der Waals surface area contributed by atoms with Gasteiger partial charge in [-0.05, 0) is 32.1 Å². The van der Waals surface area contributed by atoms with Crippen LogP contribution in [0.3, 0.4) is 0 Å². The lowest BCUT2D eigenvalue weighted by Crippen LogP contribution is -2.32. The van der Waals surface area contributed by atoms with E-state index in [2.05, 4.69) is 0 Å². The van der Waals surface area contributed by atoms with Gasteiger partial charge in [-0.25, -0.2) is 0 Å². The van der Waals surface area contributed by atoms with Crippen LogP contribution < -0.4 is 0 Å². The number of carbonyl (C=O) groups is 3. The van der Waals surface area contributed by atoms with Gasteiger partial charge in [0, 0.05) is 5.41 Å². The second-order valence-electron chi connectivity index (χ2n) is 5.66. The molecule has 0 saturated heterocycles. The molecule has 24 heavy (non-hydrogen) atoms. The molecule has 9 nitrogen and oxygen atoms in total. The fraction of sp³-hybridized carbons (Fsp3) is 0.800. The van der Waals surface area contributed by atoms with Gasteiger partial charge in [0.15, 0.2) is 0 Å². The molecule has 0 atom stereocenters. The maximum absolute atomic E-state index is 9.76. The van der Waals surface area contributed by atoms with Crippen LogP contribution in [0.2, 0.25) is 0 Å². The van der Waals surface area contributed by atoms with Crippen molar-refractivity contribution in [3.63, 3.8) is 0 Å². The lowest BCUT2D eigenvalue weighted by molar-refractivity contribution is -0.139. The summed E-state index contributed by atoms with van der Waals surface area (Å²) >= 11 is 0. The first-order chi connectivity index (χ1) is 11.3. The monoisotopic (exact) mass is 352 g/mol. The van der Waals surface area contributed by atoms with E-state index in [9.17, 15) is 9.59 Å². The molecule has 2 saturated carbocycles. The van der Waals surface area contributed by atoms with E-state index in [0.29, 0.717) is 6.42 Å². The number of hydrogen-bond acceptors (Lipinski definition) is 6.